The SMILES string of the molecule is C[C@H](N)CCCc1cc(Cl)c(F)c(C#Cc2cn(-c3ccc([C@H](C)NCCCN=C(N)N)cc3)c(=O)nc2N)c1. The molecule has 0 fully saturated rings. The van der Waals surface area contributed by atoms with E-state index in [2.05, 4.69) is 27.1 Å². The van der Waals surface area contributed by atoms with Crippen LogP contribution in [0.4, 0.5) is 10.2 Å². The fourth-order valence-corrected chi connectivity index (χ4v) is 4.28. The van der Waals surface area contributed by atoms with Crippen LogP contribution in [0.1, 0.15) is 61.4 Å². The van der Waals surface area contributed by atoms with E-state index >= 15 is 0 Å². The lowest BCUT2D eigenvalue weighted by Gasteiger charge is -2.15. The van der Waals surface area contributed by atoms with Gasteiger partial charge in [0.25, 0.3) is 0 Å². The van der Waals surface area contributed by atoms with Gasteiger partial charge in [0.05, 0.1) is 21.8 Å². The van der Waals surface area contributed by atoms with Gasteiger partial charge in [-0.3, -0.25) is 9.56 Å². The normalized spacial score (nSPS) is 12.3. The van der Waals surface area contributed by atoms with Gasteiger partial charge in [-0.15, -0.1) is 0 Å². The molecule has 11 heteroatoms. The average molecular weight is 567 g/mol. The molecule has 212 valence electrons. The van der Waals surface area contributed by atoms with Gasteiger partial charge in [-0.2, -0.15) is 4.98 Å². The molecule has 40 heavy (non-hydrogen) atoms. The largest absolute Gasteiger partial charge is 0.382 e. The van der Waals surface area contributed by atoms with E-state index in [1.165, 1.54) is 10.8 Å². The van der Waals surface area contributed by atoms with Crippen LogP contribution in [0.15, 0.2) is 52.4 Å². The Morgan fingerprint density at radius 3 is 2.52 bits per heavy atom. The number of nitrogens with one attached hydrogen (secondary N) is 1. The quantitative estimate of drug-likeness (QED) is 0.103. The maximum absolute atomic E-state index is 14.7. The minimum absolute atomic E-state index is 0.00349. The van der Waals surface area contributed by atoms with Crippen molar-refractivity contribution >= 4 is 23.4 Å². The molecule has 0 aliphatic carbocycles. The minimum Gasteiger partial charge on any atom is -0.382 e. The molecule has 3 aromatic rings. The zero-order chi connectivity index (χ0) is 29.2. The Bertz CT molecular complexity index is 1450. The fraction of sp³-hybridized carbons (Fsp3) is 0.345. The number of nitrogens with two attached hydrogens (primary N) is 4. The van der Waals surface area contributed by atoms with E-state index in [0.717, 1.165) is 36.9 Å². The predicted octanol–water partition coefficient (Wildman–Crippen LogP) is 2.99. The van der Waals surface area contributed by atoms with Crippen LogP contribution in [0.2, 0.25) is 5.02 Å². The standard InChI is InChI=1S/C29H36ClFN8O/c1-18(32)5-3-6-20-15-22(26(31)25(30)16-20)7-8-23-17-39(29(40)38-27(23)33)24-11-9-21(10-12-24)19(2)36-13-4-14-37-28(34)35/h9-12,15-19,36H,3-6,13-14,32H2,1-2H3,(H2,33,38,40)(H4,34,35,37)/t18-,19-/m0/s1. The van der Waals surface area contributed by atoms with Gasteiger partial charge in [0.15, 0.2) is 11.8 Å². The summed E-state index contributed by atoms with van der Waals surface area (Å²) in [5.41, 5.74) is 24.9. The van der Waals surface area contributed by atoms with Crippen LogP contribution in [0.3, 0.4) is 0 Å². The van der Waals surface area contributed by atoms with Gasteiger partial charge in [-0.05, 0) is 81.5 Å². The molecule has 0 bridgehead atoms. The number of aryl methyl sites for hydroxylation is 1. The third kappa shape index (κ3) is 8.81. The monoisotopic (exact) mass is 566 g/mol. The summed E-state index contributed by atoms with van der Waals surface area (Å²) in [4.78, 5) is 20.5. The molecule has 0 saturated carbocycles. The number of guanidine groups is 1. The predicted molar refractivity (Wildman–Crippen MR) is 160 cm³/mol. The lowest BCUT2D eigenvalue weighted by atomic mass is 10.0. The Morgan fingerprint density at radius 1 is 1.15 bits per heavy atom. The summed E-state index contributed by atoms with van der Waals surface area (Å²) in [7, 11) is 0. The van der Waals surface area contributed by atoms with E-state index in [-0.39, 0.29) is 40.0 Å². The highest BCUT2D eigenvalue weighted by Crippen LogP contribution is 2.22. The summed E-state index contributed by atoms with van der Waals surface area (Å²) >= 11 is 6.12. The summed E-state index contributed by atoms with van der Waals surface area (Å²) < 4.78 is 16.1. The fourth-order valence-electron chi connectivity index (χ4n) is 4.04. The second-order valence-corrected chi connectivity index (χ2v) is 10.1. The van der Waals surface area contributed by atoms with Crippen LogP contribution in [0.5, 0.6) is 0 Å². The Morgan fingerprint density at radius 2 is 1.85 bits per heavy atom. The number of nitrogen functional groups attached to an aromatic ring is 1. The molecule has 1 aromatic heterocycles. The van der Waals surface area contributed by atoms with Gasteiger partial charge >= 0.3 is 5.69 Å². The van der Waals surface area contributed by atoms with E-state index in [1.807, 2.05) is 38.1 Å². The zero-order valence-corrected chi connectivity index (χ0v) is 23.5. The molecule has 9 N–H and O–H groups in total. The van der Waals surface area contributed by atoms with Crippen molar-refractivity contribution in [2.24, 2.45) is 22.2 Å². The molecule has 2 aromatic carbocycles. The van der Waals surface area contributed by atoms with Crippen molar-refractivity contribution in [2.75, 3.05) is 18.8 Å². The second-order valence-electron chi connectivity index (χ2n) is 9.68. The average Bonchev–Trinajstić information content (AvgIpc) is 2.90. The van der Waals surface area contributed by atoms with Gasteiger partial charge in [-0.1, -0.05) is 35.6 Å². The van der Waals surface area contributed by atoms with Crippen molar-refractivity contribution in [3.63, 3.8) is 0 Å². The molecule has 0 amide bonds. The van der Waals surface area contributed by atoms with E-state index in [1.54, 1.807) is 12.1 Å². The number of aliphatic imine (C=N–C) groups is 1. The highest BCUT2D eigenvalue weighted by molar-refractivity contribution is 6.30. The topological polar surface area (TPSA) is 163 Å². The number of nitrogens with zero attached hydrogens (tertiary/aromatic N) is 3. The smallest absolute Gasteiger partial charge is 0.354 e. The first kappa shape index (κ1) is 30.6. The maximum Gasteiger partial charge on any atom is 0.354 e. The Balaban J connectivity index is 1.79. The highest BCUT2D eigenvalue weighted by Gasteiger charge is 2.11. The molecule has 0 unspecified atom stereocenters. The van der Waals surface area contributed by atoms with Crippen LogP contribution in [0.25, 0.3) is 5.69 Å². The molecule has 3 rings (SSSR count). The van der Waals surface area contributed by atoms with Crippen molar-refractivity contribution in [2.45, 2.75) is 51.6 Å². The number of anilines is 1. The number of aromatic nitrogens is 2. The highest BCUT2D eigenvalue weighted by atomic mass is 35.5. The first-order valence-electron chi connectivity index (χ1n) is 13.1. The van der Waals surface area contributed by atoms with Gasteiger partial charge in [-0.25, -0.2) is 9.18 Å². The Kier molecular flexibility index (Phi) is 11.1. The van der Waals surface area contributed by atoms with Gasteiger partial charge < -0.3 is 28.3 Å². The first-order valence-corrected chi connectivity index (χ1v) is 13.5. The van der Waals surface area contributed by atoms with E-state index in [9.17, 15) is 9.18 Å². The Labute approximate surface area is 238 Å². The molecule has 0 radical (unpaired) electrons. The molecular weight excluding hydrogens is 531 g/mol. The first-order chi connectivity index (χ1) is 19.0. The van der Waals surface area contributed by atoms with Crippen molar-refractivity contribution < 1.29 is 4.39 Å². The van der Waals surface area contributed by atoms with Crippen LogP contribution >= 0.6 is 11.6 Å². The van der Waals surface area contributed by atoms with Gasteiger partial charge in [0, 0.05) is 24.8 Å². The molecule has 9 nitrogen and oxygen atoms in total. The van der Waals surface area contributed by atoms with Crippen LogP contribution < -0.4 is 33.9 Å². The van der Waals surface area contributed by atoms with E-state index in [0.29, 0.717) is 18.7 Å². The van der Waals surface area contributed by atoms with Crippen molar-refractivity contribution in [3.05, 3.63) is 86.2 Å². The summed E-state index contributed by atoms with van der Waals surface area (Å²) in [5.74, 6) is 5.10. The molecular formula is C29H36ClFN8O. The second kappa shape index (κ2) is 14.5. The maximum atomic E-state index is 14.7. The van der Waals surface area contributed by atoms with Crippen LogP contribution in [0, 0.1) is 17.7 Å². The molecule has 0 aliphatic heterocycles. The summed E-state index contributed by atoms with van der Waals surface area (Å²) in [6, 6.07) is 10.9. The molecule has 0 saturated heterocycles. The molecule has 0 aliphatic rings. The van der Waals surface area contributed by atoms with Crippen LogP contribution in [-0.2, 0) is 6.42 Å². The zero-order valence-electron chi connectivity index (χ0n) is 22.8. The van der Waals surface area contributed by atoms with Gasteiger partial charge in [0.2, 0.25) is 0 Å². The minimum atomic E-state index is -0.612. The third-order valence-electron chi connectivity index (χ3n) is 6.25. The summed E-state index contributed by atoms with van der Waals surface area (Å²) in [6.07, 6.45) is 4.69. The van der Waals surface area contributed by atoms with Crippen molar-refractivity contribution in [3.8, 4) is 17.5 Å². The molecule has 2 atom stereocenters. The number of hydrogen-bond donors (Lipinski definition) is 5. The van der Waals surface area contributed by atoms with E-state index in [4.69, 9.17) is 34.5 Å². The van der Waals surface area contributed by atoms with Gasteiger partial charge in [0.1, 0.15) is 5.82 Å². The van der Waals surface area contributed by atoms with Crippen molar-refractivity contribution in [1.29, 1.82) is 0 Å². The number of halogens is 2. The lowest BCUT2D eigenvalue weighted by molar-refractivity contribution is 0.562. The molecule has 0 spiro atoms. The number of benzene rings is 2. The van der Waals surface area contributed by atoms with Crippen LogP contribution in [-0.4, -0.2) is 34.6 Å². The molecule has 1 heterocycles. The van der Waals surface area contributed by atoms with Crippen molar-refractivity contribution in [1.82, 2.24) is 14.9 Å². The lowest BCUT2D eigenvalue weighted by Crippen LogP contribution is -2.24. The van der Waals surface area contributed by atoms with E-state index < -0.39 is 11.5 Å². The number of hydrogen-bond acceptors (Lipinski definition) is 6. The summed E-state index contributed by atoms with van der Waals surface area (Å²) in [5, 5.41) is 3.40. The Hall–Kier alpha value is -3.91. The number of rotatable bonds is 11. The third-order valence-corrected chi connectivity index (χ3v) is 6.53. The summed E-state index contributed by atoms with van der Waals surface area (Å²) in [6.45, 7) is 5.28.